The summed E-state index contributed by atoms with van der Waals surface area (Å²) in [6, 6.07) is 6.92. The van der Waals surface area contributed by atoms with E-state index in [-0.39, 0.29) is 0 Å². The fourth-order valence-electron chi connectivity index (χ4n) is 2.16. The number of rotatable bonds is 6. The number of nitrogens with one attached hydrogen (secondary N) is 1. The summed E-state index contributed by atoms with van der Waals surface area (Å²) in [5.41, 5.74) is 2.48. The molecule has 2 nitrogen and oxygen atoms in total. The third kappa shape index (κ3) is 3.47. The predicted octanol–water partition coefficient (Wildman–Crippen LogP) is 3.07. The van der Waals surface area contributed by atoms with E-state index in [1.165, 1.54) is 24.0 Å². The highest BCUT2D eigenvalue weighted by atomic mass is 16.5. The molecule has 1 saturated carbocycles. The molecule has 94 valence electrons. The molecule has 2 rings (SSSR count). The minimum atomic E-state index is 0.528. The Labute approximate surface area is 104 Å². The van der Waals surface area contributed by atoms with E-state index in [0.29, 0.717) is 6.04 Å². The van der Waals surface area contributed by atoms with Crippen molar-refractivity contribution >= 4 is 0 Å². The number of hydrogen-bond acceptors (Lipinski definition) is 2. The highest BCUT2D eigenvalue weighted by Crippen LogP contribution is 2.33. The number of aryl methyl sites for hydroxylation is 2. The predicted molar refractivity (Wildman–Crippen MR) is 71.6 cm³/mol. The number of ether oxygens (including phenoxy) is 1. The van der Waals surface area contributed by atoms with E-state index in [9.17, 15) is 0 Å². The first kappa shape index (κ1) is 12.4. The molecule has 0 spiro atoms. The largest absolute Gasteiger partial charge is 0.492 e. The Morgan fingerprint density at radius 2 is 2.12 bits per heavy atom. The average molecular weight is 233 g/mol. The van der Waals surface area contributed by atoms with E-state index in [2.05, 4.69) is 44.3 Å². The number of likely N-dealkylation sites (N-methyl/N-ethyl adjacent to an activating group) is 1. The van der Waals surface area contributed by atoms with Crippen LogP contribution in [0.15, 0.2) is 18.2 Å². The maximum absolute atomic E-state index is 5.97. The van der Waals surface area contributed by atoms with Crippen molar-refractivity contribution in [1.29, 1.82) is 0 Å². The van der Waals surface area contributed by atoms with Gasteiger partial charge in [0.2, 0.25) is 0 Å². The van der Waals surface area contributed by atoms with Gasteiger partial charge in [0.25, 0.3) is 0 Å². The molecule has 1 aliphatic rings. The second kappa shape index (κ2) is 5.54. The molecule has 1 N–H and O–H groups in total. The molecule has 1 fully saturated rings. The molecule has 0 heterocycles. The van der Waals surface area contributed by atoms with Crippen molar-refractivity contribution < 1.29 is 4.74 Å². The van der Waals surface area contributed by atoms with Gasteiger partial charge in [-0.05, 0) is 56.3 Å². The zero-order chi connectivity index (χ0) is 12.3. The first-order valence-corrected chi connectivity index (χ1v) is 6.64. The number of hydrogen-bond donors (Lipinski definition) is 1. The second-order valence-corrected chi connectivity index (χ2v) is 5.08. The first-order chi connectivity index (χ1) is 8.20. The lowest BCUT2D eigenvalue weighted by Crippen LogP contribution is -2.36. The van der Waals surface area contributed by atoms with Gasteiger partial charge in [-0.2, -0.15) is 0 Å². The summed E-state index contributed by atoms with van der Waals surface area (Å²) >= 11 is 0. The van der Waals surface area contributed by atoms with E-state index < -0.39 is 0 Å². The summed E-state index contributed by atoms with van der Waals surface area (Å²) in [5, 5.41) is 3.52. The zero-order valence-corrected chi connectivity index (χ0v) is 11.1. The molecule has 1 aliphatic carbocycles. The monoisotopic (exact) mass is 233 g/mol. The minimum Gasteiger partial charge on any atom is -0.492 e. The van der Waals surface area contributed by atoms with Gasteiger partial charge in [-0.25, -0.2) is 0 Å². The van der Waals surface area contributed by atoms with Crippen LogP contribution in [0, 0.1) is 19.8 Å². The molecule has 2 heteroatoms. The maximum atomic E-state index is 5.97. The van der Waals surface area contributed by atoms with Crippen molar-refractivity contribution in [3.63, 3.8) is 0 Å². The Balaban J connectivity index is 1.93. The van der Waals surface area contributed by atoms with Gasteiger partial charge in [-0.15, -0.1) is 0 Å². The van der Waals surface area contributed by atoms with Crippen LogP contribution in [0.3, 0.4) is 0 Å². The van der Waals surface area contributed by atoms with Gasteiger partial charge >= 0.3 is 0 Å². The van der Waals surface area contributed by atoms with Crippen LogP contribution in [-0.2, 0) is 0 Å². The van der Waals surface area contributed by atoms with Crippen LogP contribution in [0.25, 0.3) is 0 Å². The van der Waals surface area contributed by atoms with Crippen LogP contribution in [0.5, 0.6) is 5.75 Å². The van der Waals surface area contributed by atoms with Gasteiger partial charge in [0.1, 0.15) is 12.4 Å². The summed E-state index contributed by atoms with van der Waals surface area (Å²) in [5.74, 6) is 1.87. The summed E-state index contributed by atoms with van der Waals surface area (Å²) in [6.07, 6.45) is 2.71. The van der Waals surface area contributed by atoms with Crippen molar-refractivity contribution in [2.24, 2.45) is 5.92 Å². The molecule has 1 aromatic carbocycles. The molecule has 0 bridgehead atoms. The normalized spacial score (nSPS) is 16.9. The van der Waals surface area contributed by atoms with Crippen LogP contribution in [0.2, 0.25) is 0 Å². The number of benzene rings is 1. The lowest BCUT2D eigenvalue weighted by Gasteiger charge is -2.19. The van der Waals surface area contributed by atoms with Gasteiger partial charge in [0.05, 0.1) is 0 Å². The van der Waals surface area contributed by atoms with Crippen molar-refractivity contribution in [1.82, 2.24) is 5.32 Å². The van der Waals surface area contributed by atoms with Crippen LogP contribution >= 0.6 is 0 Å². The van der Waals surface area contributed by atoms with Crippen LogP contribution in [-0.4, -0.2) is 19.2 Å². The van der Waals surface area contributed by atoms with E-state index in [4.69, 9.17) is 4.74 Å². The Hall–Kier alpha value is -1.02. The van der Waals surface area contributed by atoms with Gasteiger partial charge in [0, 0.05) is 6.04 Å². The standard InChI is InChI=1S/C15H23NO/c1-4-16-14(13-7-8-13)10-17-15-9-11(2)5-6-12(15)3/h5-6,9,13-14,16H,4,7-8,10H2,1-3H3. The zero-order valence-electron chi connectivity index (χ0n) is 11.1. The highest BCUT2D eigenvalue weighted by Gasteiger charge is 2.31. The fourth-order valence-corrected chi connectivity index (χ4v) is 2.16. The summed E-state index contributed by atoms with van der Waals surface area (Å²) in [7, 11) is 0. The van der Waals surface area contributed by atoms with Gasteiger partial charge < -0.3 is 10.1 Å². The van der Waals surface area contributed by atoms with E-state index in [0.717, 1.165) is 24.8 Å². The molecule has 1 unspecified atom stereocenters. The Kier molecular flexibility index (Phi) is 4.06. The molecular weight excluding hydrogens is 210 g/mol. The van der Waals surface area contributed by atoms with Crippen molar-refractivity contribution in [3.8, 4) is 5.75 Å². The molecule has 0 radical (unpaired) electrons. The van der Waals surface area contributed by atoms with E-state index >= 15 is 0 Å². The molecule has 0 amide bonds. The minimum absolute atomic E-state index is 0.528. The quantitative estimate of drug-likeness (QED) is 0.815. The van der Waals surface area contributed by atoms with E-state index in [1.807, 2.05) is 0 Å². The van der Waals surface area contributed by atoms with Crippen LogP contribution in [0.4, 0.5) is 0 Å². The fraction of sp³-hybridized carbons (Fsp3) is 0.600. The maximum Gasteiger partial charge on any atom is 0.122 e. The summed E-state index contributed by atoms with van der Waals surface area (Å²) in [4.78, 5) is 0. The van der Waals surface area contributed by atoms with Crippen LogP contribution < -0.4 is 10.1 Å². The molecule has 0 aliphatic heterocycles. The van der Waals surface area contributed by atoms with Gasteiger partial charge in [0.15, 0.2) is 0 Å². The Morgan fingerprint density at radius 3 is 2.76 bits per heavy atom. The molecular formula is C15H23NO. The SMILES string of the molecule is CCNC(COc1cc(C)ccc1C)C1CC1. The molecule has 1 aromatic rings. The average Bonchev–Trinajstić information content (AvgIpc) is 3.12. The topological polar surface area (TPSA) is 21.3 Å². The molecule has 1 atom stereocenters. The van der Waals surface area contributed by atoms with Crippen molar-refractivity contribution in [2.75, 3.05) is 13.2 Å². The van der Waals surface area contributed by atoms with E-state index in [1.54, 1.807) is 0 Å². The lowest BCUT2D eigenvalue weighted by atomic mass is 10.1. The van der Waals surface area contributed by atoms with Gasteiger partial charge in [-0.1, -0.05) is 19.1 Å². The first-order valence-electron chi connectivity index (χ1n) is 6.64. The molecule has 0 aromatic heterocycles. The highest BCUT2D eigenvalue weighted by molar-refractivity contribution is 5.36. The molecule has 17 heavy (non-hydrogen) atoms. The third-order valence-corrected chi connectivity index (χ3v) is 3.42. The Morgan fingerprint density at radius 1 is 1.35 bits per heavy atom. The summed E-state index contributed by atoms with van der Waals surface area (Å²) in [6.45, 7) is 8.19. The Bertz CT molecular complexity index is 371. The second-order valence-electron chi connectivity index (χ2n) is 5.08. The third-order valence-electron chi connectivity index (χ3n) is 3.42. The van der Waals surface area contributed by atoms with Crippen molar-refractivity contribution in [2.45, 2.75) is 39.7 Å². The lowest BCUT2D eigenvalue weighted by molar-refractivity contribution is 0.249. The molecule has 0 saturated heterocycles. The van der Waals surface area contributed by atoms with Crippen LogP contribution in [0.1, 0.15) is 30.9 Å². The smallest absolute Gasteiger partial charge is 0.122 e. The summed E-state index contributed by atoms with van der Waals surface area (Å²) < 4.78 is 5.97. The van der Waals surface area contributed by atoms with Crippen molar-refractivity contribution in [3.05, 3.63) is 29.3 Å². The van der Waals surface area contributed by atoms with Gasteiger partial charge in [-0.3, -0.25) is 0 Å².